The minimum Gasteiger partial charge on any atom is -0.484 e. The van der Waals surface area contributed by atoms with Gasteiger partial charge in [-0.05, 0) is 58.4 Å². The third kappa shape index (κ3) is 4.03. The SMILES string of the molecule is Clc1ccc(-c2noc(-c3ccc(COc4ccccc4Br)o3)n2)c(Cl)c1. The summed E-state index contributed by atoms with van der Waals surface area (Å²) in [5, 5.41) is 4.93. The average molecular weight is 466 g/mol. The number of halogens is 3. The summed E-state index contributed by atoms with van der Waals surface area (Å²) in [6.45, 7) is 0.270. The van der Waals surface area contributed by atoms with Crippen LogP contribution in [-0.4, -0.2) is 10.1 Å². The second-order valence-electron chi connectivity index (χ2n) is 5.53. The van der Waals surface area contributed by atoms with Crippen molar-refractivity contribution in [1.29, 1.82) is 0 Å². The van der Waals surface area contributed by atoms with E-state index in [9.17, 15) is 0 Å². The van der Waals surface area contributed by atoms with E-state index in [-0.39, 0.29) is 12.5 Å². The lowest BCUT2D eigenvalue weighted by molar-refractivity contribution is 0.269. The smallest absolute Gasteiger partial charge is 0.293 e. The molecule has 0 unspecified atom stereocenters. The van der Waals surface area contributed by atoms with Gasteiger partial charge in [0.25, 0.3) is 5.89 Å². The standard InChI is InChI=1S/C19H11BrCl2N2O3/c20-14-3-1-2-4-16(14)25-10-12-6-8-17(26-12)19-23-18(24-27-19)13-7-5-11(21)9-15(13)22/h1-9H,10H2. The third-order valence-corrected chi connectivity index (χ3v) is 4.88. The molecule has 8 heteroatoms. The van der Waals surface area contributed by atoms with Gasteiger partial charge in [0, 0.05) is 10.6 Å². The average Bonchev–Trinajstić information content (AvgIpc) is 3.30. The van der Waals surface area contributed by atoms with E-state index in [2.05, 4.69) is 26.1 Å². The van der Waals surface area contributed by atoms with Gasteiger partial charge in [-0.15, -0.1) is 0 Å². The predicted octanol–water partition coefficient (Wildman–Crippen LogP) is 6.64. The van der Waals surface area contributed by atoms with Gasteiger partial charge in [-0.1, -0.05) is 40.5 Å². The summed E-state index contributed by atoms with van der Waals surface area (Å²) in [5.41, 5.74) is 0.625. The Morgan fingerprint density at radius 2 is 1.89 bits per heavy atom. The number of hydrogen-bond acceptors (Lipinski definition) is 5. The lowest BCUT2D eigenvalue weighted by Gasteiger charge is -2.05. The van der Waals surface area contributed by atoms with Crippen molar-refractivity contribution in [3.05, 3.63) is 74.9 Å². The van der Waals surface area contributed by atoms with Crippen molar-refractivity contribution in [2.24, 2.45) is 0 Å². The number of benzene rings is 2. The van der Waals surface area contributed by atoms with Crippen LogP contribution in [0.5, 0.6) is 5.75 Å². The van der Waals surface area contributed by atoms with Crippen LogP contribution < -0.4 is 4.74 Å². The van der Waals surface area contributed by atoms with Gasteiger partial charge < -0.3 is 13.7 Å². The Labute approximate surface area is 173 Å². The van der Waals surface area contributed by atoms with Gasteiger partial charge in [0.05, 0.1) is 9.50 Å². The first-order valence-corrected chi connectivity index (χ1v) is 9.40. The van der Waals surface area contributed by atoms with Crippen LogP contribution in [0, 0.1) is 0 Å². The van der Waals surface area contributed by atoms with Crippen LogP contribution >= 0.6 is 39.1 Å². The fourth-order valence-corrected chi connectivity index (χ4v) is 3.28. The summed E-state index contributed by atoms with van der Waals surface area (Å²) >= 11 is 15.5. The highest BCUT2D eigenvalue weighted by Gasteiger charge is 2.16. The molecule has 0 bridgehead atoms. The zero-order valence-corrected chi connectivity index (χ0v) is 16.8. The number of ether oxygens (including phenoxy) is 1. The van der Waals surface area contributed by atoms with E-state index in [1.165, 1.54) is 0 Å². The Morgan fingerprint density at radius 3 is 2.70 bits per heavy atom. The first kappa shape index (κ1) is 18.1. The molecule has 136 valence electrons. The predicted molar refractivity (Wildman–Crippen MR) is 106 cm³/mol. The molecule has 5 nitrogen and oxygen atoms in total. The molecular formula is C19H11BrCl2N2O3. The molecule has 0 aliphatic heterocycles. The van der Waals surface area contributed by atoms with Crippen molar-refractivity contribution < 1.29 is 13.7 Å². The van der Waals surface area contributed by atoms with Crippen molar-refractivity contribution in [1.82, 2.24) is 10.1 Å². The van der Waals surface area contributed by atoms with E-state index >= 15 is 0 Å². The monoisotopic (exact) mass is 464 g/mol. The second kappa shape index (κ2) is 7.76. The zero-order valence-electron chi connectivity index (χ0n) is 13.7. The number of furan rings is 1. The lowest BCUT2D eigenvalue weighted by Crippen LogP contribution is -1.94. The zero-order chi connectivity index (χ0) is 18.8. The number of para-hydroxylation sites is 1. The summed E-state index contributed by atoms with van der Waals surface area (Å²) in [7, 11) is 0. The molecule has 0 fully saturated rings. The molecule has 0 spiro atoms. The minimum atomic E-state index is 0.253. The summed E-state index contributed by atoms with van der Waals surface area (Å²) in [5.74, 6) is 2.42. The van der Waals surface area contributed by atoms with Gasteiger partial charge in [0.2, 0.25) is 5.82 Å². The highest BCUT2D eigenvalue weighted by Crippen LogP contribution is 2.31. The third-order valence-electron chi connectivity index (χ3n) is 3.68. The second-order valence-corrected chi connectivity index (χ2v) is 7.23. The van der Waals surface area contributed by atoms with Crippen LogP contribution in [0.4, 0.5) is 0 Å². The Balaban J connectivity index is 1.50. The Kier molecular flexibility index (Phi) is 5.20. The summed E-state index contributed by atoms with van der Waals surface area (Å²) < 4.78 is 17.6. The fourth-order valence-electron chi connectivity index (χ4n) is 2.38. The molecule has 2 heterocycles. The van der Waals surface area contributed by atoms with E-state index in [0.717, 1.165) is 10.2 Å². The van der Waals surface area contributed by atoms with Crippen LogP contribution in [0.2, 0.25) is 10.0 Å². The first-order valence-electron chi connectivity index (χ1n) is 7.86. The van der Waals surface area contributed by atoms with Crippen molar-refractivity contribution in [2.75, 3.05) is 0 Å². The van der Waals surface area contributed by atoms with E-state index in [1.54, 1.807) is 30.3 Å². The molecule has 0 saturated heterocycles. The number of hydrogen-bond donors (Lipinski definition) is 0. The number of aromatic nitrogens is 2. The maximum atomic E-state index is 6.19. The molecule has 0 radical (unpaired) electrons. The quantitative estimate of drug-likeness (QED) is 0.330. The van der Waals surface area contributed by atoms with E-state index in [4.69, 9.17) is 36.9 Å². The van der Waals surface area contributed by atoms with Crippen molar-refractivity contribution >= 4 is 39.1 Å². The highest BCUT2D eigenvalue weighted by atomic mass is 79.9. The maximum absolute atomic E-state index is 6.19. The van der Waals surface area contributed by atoms with E-state index < -0.39 is 0 Å². The molecule has 0 saturated carbocycles. The Bertz CT molecular complexity index is 1090. The minimum absolute atomic E-state index is 0.253. The summed E-state index contributed by atoms with van der Waals surface area (Å²) in [6, 6.07) is 16.2. The normalized spacial score (nSPS) is 10.9. The maximum Gasteiger partial charge on any atom is 0.293 e. The Hall–Kier alpha value is -2.28. The van der Waals surface area contributed by atoms with Crippen LogP contribution in [-0.2, 0) is 6.61 Å². The molecule has 0 atom stereocenters. The number of nitrogens with zero attached hydrogens (tertiary/aromatic N) is 2. The molecule has 2 aromatic heterocycles. The van der Waals surface area contributed by atoms with Crippen molar-refractivity contribution in [3.8, 4) is 28.8 Å². The van der Waals surface area contributed by atoms with E-state index in [0.29, 0.717) is 33.0 Å². The van der Waals surface area contributed by atoms with Crippen molar-refractivity contribution in [2.45, 2.75) is 6.61 Å². The highest BCUT2D eigenvalue weighted by molar-refractivity contribution is 9.10. The molecule has 0 N–H and O–H groups in total. The van der Waals surface area contributed by atoms with Crippen LogP contribution in [0.25, 0.3) is 23.0 Å². The van der Waals surface area contributed by atoms with Crippen LogP contribution in [0.3, 0.4) is 0 Å². The molecule has 4 aromatic rings. The first-order chi connectivity index (χ1) is 13.1. The molecule has 27 heavy (non-hydrogen) atoms. The summed E-state index contributed by atoms with van der Waals surface area (Å²) in [4.78, 5) is 4.34. The van der Waals surface area contributed by atoms with Gasteiger partial charge in [-0.3, -0.25) is 0 Å². The summed E-state index contributed by atoms with van der Waals surface area (Å²) in [6.07, 6.45) is 0. The number of rotatable bonds is 5. The van der Waals surface area contributed by atoms with Crippen LogP contribution in [0.1, 0.15) is 5.76 Å². The van der Waals surface area contributed by atoms with Gasteiger partial charge in [0.15, 0.2) is 5.76 Å². The van der Waals surface area contributed by atoms with Gasteiger partial charge in [-0.2, -0.15) is 4.98 Å². The lowest BCUT2D eigenvalue weighted by atomic mass is 10.2. The van der Waals surface area contributed by atoms with Gasteiger partial charge in [-0.25, -0.2) is 0 Å². The fraction of sp³-hybridized carbons (Fsp3) is 0.0526. The van der Waals surface area contributed by atoms with Gasteiger partial charge >= 0.3 is 0 Å². The van der Waals surface area contributed by atoms with Crippen LogP contribution in [0.15, 0.2) is 68.0 Å². The Morgan fingerprint density at radius 1 is 1.04 bits per heavy atom. The topological polar surface area (TPSA) is 61.3 Å². The molecule has 2 aromatic carbocycles. The molecule has 0 amide bonds. The van der Waals surface area contributed by atoms with Gasteiger partial charge in [0.1, 0.15) is 18.1 Å². The molecule has 0 aliphatic rings. The molecule has 0 aliphatic carbocycles. The van der Waals surface area contributed by atoms with Crippen molar-refractivity contribution in [3.63, 3.8) is 0 Å². The molecular weight excluding hydrogens is 455 g/mol. The van der Waals surface area contributed by atoms with E-state index in [1.807, 2.05) is 24.3 Å². The molecule has 4 rings (SSSR count). The largest absolute Gasteiger partial charge is 0.484 e.